The lowest BCUT2D eigenvalue weighted by Gasteiger charge is -2.22. The second kappa shape index (κ2) is 15.2. The molecule has 5 atom stereocenters. The minimum Gasteiger partial charge on any atom is -0.504 e. The van der Waals surface area contributed by atoms with Crippen LogP contribution >= 0.6 is 0 Å². The molecule has 278 valence electrons. The van der Waals surface area contributed by atoms with Crippen molar-refractivity contribution < 1.29 is 84.5 Å². The highest BCUT2D eigenvalue weighted by Crippen LogP contribution is 2.53. The standard InChI is InChI=1S/C36H32O17/c37-19-5-1-15(9-23(19)41)11-27(33(45)46)51-35(49)26(44)13-17-3-8-22(40)32-29(17)30(31(53-32)18-4-7-21(39)25(43)14-18)36(50)52-28(34(47)48)12-16-2-6-20(38)24(42)10-16/h1-10,14,26-28,30-31,37-44H,11-13H2,(H,45,46)(H,47,48). The van der Waals surface area contributed by atoms with Gasteiger partial charge in [0.2, 0.25) is 12.2 Å². The molecule has 4 aromatic carbocycles. The summed E-state index contributed by atoms with van der Waals surface area (Å²) in [7, 11) is 0. The van der Waals surface area contributed by atoms with Gasteiger partial charge in [0.25, 0.3) is 0 Å². The number of esters is 2. The van der Waals surface area contributed by atoms with Gasteiger partial charge in [-0.2, -0.15) is 0 Å². The van der Waals surface area contributed by atoms with Crippen LogP contribution < -0.4 is 4.74 Å². The molecule has 1 aliphatic heterocycles. The fraction of sp³-hybridized carbons (Fsp3) is 0.222. The maximum absolute atomic E-state index is 14.0. The van der Waals surface area contributed by atoms with Gasteiger partial charge in [-0.1, -0.05) is 24.3 Å². The van der Waals surface area contributed by atoms with Gasteiger partial charge in [0.15, 0.2) is 52.1 Å². The molecular formula is C36H32O17. The van der Waals surface area contributed by atoms with Crippen molar-refractivity contribution in [2.75, 3.05) is 0 Å². The fourth-order valence-corrected chi connectivity index (χ4v) is 5.74. The van der Waals surface area contributed by atoms with Crippen LogP contribution in [0.3, 0.4) is 0 Å². The Morgan fingerprint density at radius 2 is 1.09 bits per heavy atom. The number of carbonyl (C=O) groups excluding carboxylic acids is 2. The summed E-state index contributed by atoms with van der Waals surface area (Å²) in [5.74, 6) is -11.6. The molecule has 5 unspecified atom stereocenters. The van der Waals surface area contributed by atoms with Crippen LogP contribution in [0.15, 0.2) is 66.7 Å². The zero-order valence-corrected chi connectivity index (χ0v) is 27.2. The van der Waals surface area contributed by atoms with Crippen molar-refractivity contribution in [1.82, 2.24) is 0 Å². The van der Waals surface area contributed by atoms with Crippen LogP contribution in [0, 0.1) is 0 Å². The number of hydrogen-bond acceptors (Lipinski definition) is 15. The van der Waals surface area contributed by atoms with Gasteiger partial charge in [-0.15, -0.1) is 0 Å². The van der Waals surface area contributed by atoms with E-state index in [1.165, 1.54) is 24.3 Å². The summed E-state index contributed by atoms with van der Waals surface area (Å²) in [5.41, 5.74) is 0.174. The van der Waals surface area contributed by atoms with E-state index in [1.807, 2.05) is 0 Å². The molecule has 0 saturated heterocycles. The number of fused-ring (bicyclic) bond motifs is 1. The second-order valence-electron chi connectivity index (χ2n) is 12.1. The van der Waals surface area contributed by atoms with Crippen LogP contribution in [-0.2, 0) is 47.9 Å². The van der Waals surface area contributed by atoms with Crippen LogP contribution in [-0.4, -0.2) is 93.3 Å². The molecule has 0 fully saturated rings. The number of hydrogen-bond donors (Lipinski definition) is 10. The first kappa shape index (κ1) is 37.4. The Bertz CT molecular complexity index is 2080. The van der Waals surface area contributed by atoms with Gasteiger partial charge >= 0.3 is 23.9 Å². The number of ether oxygens (including phenoxy) is 3. The molecular weight excluding hydrogens is 704 g/mol. The minimum atomic E-state index is -2.08. The van der Waals surface area contributed by atoms with E-state index in [-0.39, 0.29) is 33.6 Å². The van der Waals surface area contributed by atoms with Crippen LogP contribution in [0.25, 0.3) is 0 Å². The average Bonchev–Trinajstić information content (AvgIpc) is 3.51. The summed E-state index contributed by atoms with van der Waals surface area (Å²) in [5, 5.41) is 100. The van der Waals surface area contributed by atoms with Crippen molar-refractivity contribution in [3.63, 3.8) is 0 Å². The Labute approximate surface area is 298 Å². The van der Waals surface area contributed by atoms with Crippen LogP contribution in [0.5, 0.6) is 46.0 Å². The number of carboxylic acids is 2. The Hall–Kier alpha value is -6.88. The van der Waals surface area contributed by atoms with Crippen molar-refractivity contribution >= 4 is 23.9 Å². The quantitative estimate of drug-likeness (QED) is 0.0695. The van der Waals surface area contributed by atoms with Crippen molar-refractivity contribution in [1.29, 1.82) is 0 Å². The topological polar surface area (TPSA) is 298 Å². The van der Waals surface area contributed by atoms with Gasteiger partial charge < -0.3 is 65.3 Å². The van der Waals surface area contributed by atoms with Crippen LogP contribution in [0.1, 0.15) is 39.8 Å². The maximum Gasteiger partial charge on any atom is 0.345 e. The van der Waals surface area contributed by atoms with Gasteiger partial charge in [-0.3, -0.25) is 4.79 Å². The second-order valence-corrected chi connectivity index (χ2v) is 12.1. The molecule has 0 spiro atoms. The summed E-state index contributed by atoms with van der Waals surface area (Å²) in [4.78, 5) is 51.1. The number of rotatable bonds is 13. The number of phenolic OH excluding ortho intramolecular Hbond substituents is 7. The van der Waals surface area contributed by atoms with E-state index in [0.29, 0.717) is 0 Å². The third kappa shape index (κ3) is 8.20. The Morgan fingerprint density at radius 1 is 0.604 bits per heavy atom. The normalized spacial score (nSPS) is 16.4. The van der Waals surface area contributed by atoms with E-state index >= 15 is 0 Å². The number of carbonyl (C=O) groups is 4. The van der Waals surface area contributed by atoms with Crippen molar-refractivity contribution in [2.45, 2.75) is 49.6 Å². The zero-order valence-electron chi connectivity index (χ0n) is 27.2. The predicted molar refractivity (Wildman–Crippen MR) is 176 cm³/mol. The lowest BCUT2D eigenvalue weighted by molar-refractivity contribution is -0.170. The highest BCUT2D eigenvalue weighted by Gasteiger charge is 2.46. The molecule has 5 rings (SSSR count). The Kier molecular flexibility index (Phi) is 10.7. The number of carboxylic acid groups (broad SMARTS) is 2. The number of benzene rings is 4. The first-order valence-corrected chi connectivity index (χ1v) is 15.6. The van der Waals surface area contributed by atoms with Crippen molar-refractivity contribution in [2.24, 2.45) is 0 Å². The molecule has 4 aromatic rings. The summed E-state index contributed by atoms with van der Waals surface area (Å²) in [6, 6.07) is 12.6. The number of aliphatic carboxylic acids is 2. The molecule has 1 heterocycles. The molecule has 0 aromatic heterocycles. The van der Waals surface area contributed by atoms with E-state index in [9.17, 15) is 70.2 Å². The molecule has 17 nitrogen and oxygen atoms in total. The molecule has 17 heteroatoms. The number of aliphatic hydroxyl groups excluding tert-OH is 1. The molecule has 10 N–H and O–H groups in total. The predicted octanol–water partition coefficient (Wildman–Crippen LogP) is 2.22. The van der Waals surface area contributed by atoms with E-state index < -0.39 is 114 Å². The molecule has 0 aliphatic carbocycles. The maximum atomic E-state index is 14.0. The molecule has 0 amide bonds. The summed E-state index contributed by atoms with van der Waals surface area (Å²) < 4.78 is 16.4. The van der Waals surface area contributed by atoms with Gasteiger partial charge in [-0.25, -0.2) is 14.4 Å². The fourth-order valence-electron chi connectivity index (χ4n) is 5.74. The summed E-state index contributed by atoms with van der Waals surface area (Å²) in [6.07, 6.45) is -8.88. The van der Waals surface area contributed by atoms with Gasteiger partial charge in [0.05, 0.1) is 0 Å². The average molecular weight is 737 g/mol. The smallest absolute Gasteiger partial charge is 0.345 e. The van der Waals surface area contributed by atoms with E-state index in [0.717, 1.165) is 42.5 Å². The van der Waals surface area contributed by atoms with E-state index in [1.54, 1.807) is 0 Å². The van der Waals surface area contributed by atoms with E-state index in [2.05, 4.69) is 0 Å². The molecule has 0 radical (unpaired) electrons. The van der Waals surface area contributed by atoms with E-state index in [4.69, 9.17) is 14.2 Å². The monoisotopic (exact) mass is 736 g/mol. The van der Waals surface area contributed by atoms with Gasteiger partial charge in [0, 0.05) is 24.8 Å². The third-order valence-corrected chi connectivity index (χ3v) is 8.38. The van der Waals surface area contributed by atoms with Crippen LogP contribution in [0.4, 0.5) is 0 Å². The zero-order chi connectivity index (χ0) is 38.7. The van der Waals surface area contributed by atoms with Gasteiger partial charge in [0.1, 0.15) is 12.0 Å². The first-order valence-electron chi connectivity index (χ1n) is 15.6. The highest BCUT2D eigenvalue weighted by molar-refractivity contribution is 5.86. The molecule has 0 saturated carbocycles. The summed E-state index contributed by atoms with van der Waals surface area (Å²) in [6.45, 7) is 0. The largest absolute Gasteiger partial charge is 0.504 e. The Morgan fingerprint density at radius 3 is 1.60 bits per heavy atom. The lowest BCUT2D eigenvalue weighted by Crippen LogP contribution is -2.35. The van der Waals surface area contributed by atoms with Gasteiger partial charge in [-0.05, 0) is 64.7 Å². The molecule has 1 aliphatic rings. The number of phenols is 7. The molecule has 53 heavy (non-hydrogen) atoms. The minimum absolute atomic E-state index is 0.0274. The van der Waals surface area contributed by atoms with Crippen molar-refractivity contribution in [3.05, 3.63) is 94.5 Å². The lowest BCUT2D eigenvalue weighted by atomic mass is 9.86. The Balaban J connectivity index is 1.46. The number of aromatic hydroxyl groups is 7. The van der Waals surface area contributed by atoms with Crippen molar-refractivity contribution in [3.8, 4) is 46.0 Å². The first-order chi connectivity index (χ1) is 25.0. The van der Waals surface area contributed by atoms with Crippen LogP contribution in [0.2, 0.25) is 0 Å². The third-order valence-electron chi connectivity index (χ3n) is 8.38. The molecule has 0 bridgehead atoms. The SMILES string of the molecule is O=C(OC(Cc1ccc(O)c(O)c1)C(=O)O)C(O)Cc1ccc(O)c2c1C(C(=O)OC(Cc1ccc(O)c(O)c1)C(=O)O)C(c1ccc(O)c(O)c1)O2. The highest BCUT2D eigenvalue weighted by atomic mass is 16.6. The summed E-state index contributed by atoms with van der Waals surface area (Å²) >= 11 is 0. The number of aliphatic hydroxyl groups is 1.